The predicted molar refractivity (Wildman–Crippen MR) is 107 cm³/mol. The van der Waals surface area contributed by atoms with E-state index >= 15 is 0 Å². The number of aromatic amines is 1. The molecule has 6 nitrogen and oxygen atoms in total. The van der Waals surface area contributed by atoms with E-state index in [0.717, 1.165) is 35.0 Å². The summed E-state index contributed by atoms with van der Waals surface area (Å²) in [6, 6.07) is 8.44. The number of rotatable bonds is 3. The Morgan fingerprint density at radius 3 is 2.96 bits per heavy atom. The quantitative estimate of drug-likeness (QED) is 0.699. The third kappa shape index (κ3) is 3.18. The van der Waals surface area contributed by atoms with Crippen molar-refractivity contribution in [2.24, 2.45) is 5.92 Å². The minimum absolute atomic E-state index is 0.219. The lowest BCUT2D eigenvalue weighted by Gasteiger charge is -2.44. The molecule has 3 aromatic rings. The van der Waals surface area contributed by atoms with Crippen LogP contribution in [0.15, 0.2) is 29.4 Å². The molecule has 140 valence electrons. The number of hydrogen-bond donors (Lipinski definition) is 1. The topological polar surface area (TPSA) is 74.8 Å². The first-order chi connectivity index (χ1) is 13.3. The van der Waals surface area contributed by atoms with Gasteiger partial charge < -0.3 is 9.88 Å². The average molecular weight is 382 g/mol. The van der Waals surface area contributed by atoms with Crippen LogP contribution >= 0.6 is 11.8 Å². The zero-order chi connectivity index (χ0) is 18.2. The molecule has 0 bridgehead atoms. The first kappa shape index (κ1) is 17.0. The first-order valence-corrected chi connectivity index (χ1v) is 10.8. The third-order valence-corrected chi connectivity index (χ3v) is 6.81. The minimum Gasteiger partial charge on any atom is -0.339 e. The van der Waals surface area contributed by atoms with Gasteiger partial charge in [-0.1, -0.05) is 42.8 Å². The zero-order valence-electron chi connectivity index (χ0n) is 15.2. The lowest BCUT2D eigenvalue weighted by molar-refractivity contribution is -0.134. The van der Waals surface area contributed by atoms with Crippen molar-refractivity contribution in [3.05, 3.63) is 24.3 Å². The third-order valence-electron chi connectivity index (χ3n) is 5.99. The largest absolute Gasteiger partial charge is 0.339 e. The van der Waals surface area contributed by atoms with Crippen LogP contribution in [0, 0.1) is 5.92 Å². The van der Waals surface area contributed by atoms with Crippen LogP contribution in [0.4, 0.5) is 0 Å². The number of amides is 1. The number of piperidine rings is 1. The average Bonchev–Trinajstić information content (AvgIpc) is 3.09. The molecule has 1 aliphatic heterocycles. The van der Waals surface area contributed by atoms with E-state index in [1.165, 1.54) is 43.9 Å². The Labute approximate surface area is 162 Å². The van der Waals surface area contributed by atoms with Gasteiger partial charge >= 0.3 is 0 Å². The van der Waals surface area contributed by atoms with Gasteiger partial charge in [-0.2, -0.15) is 0 Å². The summed E-state index contributed by atoms with van der Waals surface area (Å²) in [6.07, 6.45) is 7.44. The number of H-pyrrole nitrogens is 1. The molecule has 2 fully saturated rings. The van der Waals surface area contributed by atoms with Crippen LogP contribution in [0.2, 0.25) is 0 Å². The molecule has 1 N–H and O–H groups in total. The van der Waals surface area contributed by atoms with E-state index in [9.17, 15) is 4.79 Å². The Morgan fingerprint density at radius 1 is 1.15 bits per heavy atom. The zero-order valence-corrected chi connectivity index (χ0v) is 16.0. The van der Waals surface area contributed by atoms with Crippen molar-refractivity contribution in [2.45, 2.75) is 49.7 Å². The molecule has 0 radical (unpaired) electrons. The summed E-state index contributed by atoms with van der Waals surface area (Å²) in [5, 5.41) is 10.2. The Morgan fingerprint density at radius 2 is 2.00 bits per heavy atom. The SMILES string of the molecule is O=C(CSc1nnc2c(n1)[nH]c1ccccc12)N1CCC[C@H]2CCCC[C@H]21. The van der Waals surface area contributed by atoms with Crippen LogP contribution in [-0.2, 0) is 4.79 Å². The van der Waals surface area contributed by atoms with Gasteiger partial charge in [-0.05, 0) is 37.7 Å². The molecule has 1 aromatic carbocycles. The second kappa shape index (κ2) is 7.11. The molecule has 2 aromatic heterocycles. The molecule has 1 saturated carbocycles. The second-order valence-corrected chi connectivity index (χ2v) is 8.53. The highest BCUT2D eigenvalue weighted by molar-refractivity contribution is 7.99. The highest BCUT2D eigenvalue weighted by atomic mass is 32.2. The van der Waals surface area contributed by atoms with Gasteiger partial charge in [-0.25, -0.2) is 4.98 Å². The lowest BCUT2D eigenvalue weighted by atomic mass is 9.78. The lowest BCUT2D eigenvalue weighted by Crippen LogP contribution is -2.50. The van der Waals surface area contributed by atoms with Gasteiger partial charge in [0.05, 0.1) is 5.75 Å². The van der Waals surface area contributed by atoms with E-state index in [2.05, 4.69) is 25.1 Å². The number of nitrogens with one attached hydrogen (secondary N) is 1. The van der Waals surface area contributed by atoms with Gasteiger partial charge in [0.2, 0.25) is 11.1 Å². The van der Waals surface area contributed by atoms with Gasteiger partial charge in [0.1, 0.15) is 5.52 Å². The number of likely N-dealkylation sites (tertiary alicyclic amines) is 1. The van der Waals surface area contributed by atoms with Crippen molar-refractivity contribution in [3.8, 4) is 0 Å². The van der Waals surface area contributed by atoms with Gasteiger partial charge in [0.25, 0.3) is 0 Å². The van der Waals surface area contributed by atoms with Crippen molar-refractivity contribution in [3.63, 3.8) is 0 Å². The molecular formula is C20H23N5OS. The van der Waals surface area contributed by atoms with Crippen molar-refractivity contribution >= 4 is 39.7 Å². The molecular weight excluding hydrogens is 358 g/mol. The number of para-hydroxylation sites is 1. The number of carbonyl (C=O) groups is 1. The minimum atomic E-state index is 0.219. The summed E-state index contributed by atoms with van der Waals surface area (Å²) >= 11 is 1.39. The second-order valence-electron chi connectivity index (χ2n) is 7.59. The van der Waals surface area contributed by atoms with Crippen LogP contribution in [0.25, 0.3) is 22.1 Å². The molecule has 2 atom stereocenters. The monoisotopic (exact) mass is 381 g/mol. The molecule has 1 saturated heterocycles. The molecule has 27 heavy (non-hydrogen) atoms. The smallest absolute Gasteiger partial charge is 0.233 e. The van der Waals surface area contributed by atoms with E-state index in [1.54, 1.807) is 0 Å². The van der Waals surface area contributed by atoms with Crippen LogP contribution in [0.5, 0.6) is 0 Å². The summed E-state index contributed by atoms with van der Waals surface area (Å²) in [4.78, 5) is 22.8. The molecule has 2 aliphatic rings. The molecule has 5 rings (SSSR count). The van der Waals surface area contributed by atoms with Gasteiger partial charge in [-0.15, -0.1) is 10.2 Å². The molecule has 1 amide bonds. The molecule has 0 spiro atoms. The highest BCUT2D eigenvalue weighted by Crippen LogP contribution is 2.35. The summed E-state index contributed by atoms with van der Waals surface area (Å²) in [7, 11) is 0. The molecule has 1 aliphatic carbocycles. The van der Waals surface area contributed by atoms with Crippen molar-refractivity contribution in [1.29, 1.82) is 0 Å². The van der Waals surface area contributed by atoms with E-state index < -0.39 is 0 Å². The Hall–Kier alpha value is -2.15. The fourth-order valence-corrected chi connectivity index (χ4v) is 5.38. The summed E-state index contributed by atoms with van der Waals surface area (Å²) in [6.45, 7) is 0.903. The van der Waals surface area contributed by atoms with E-state index in [4.69, 9.17) is 0 Å². The van der Waals surface area contributed by atoms with Crippen LogP contribution in [-0.4, -0.2) is 49.3 Å². The maximum absolute atomic E-state index is 12.9. The number of benzene rings is 1. The standard InChI is InChI=1S/C20H23N5OS/c26-17(25-11-5-7-13-6-1-4-10-16(13)25)12-27-20-22-19-18(23-24-20)14-8-2-3-9-15(14)21-19/h2-3,8-9,13,16H,1,4-7,10-12H2,(H,21,22,24)/t13-,16-/m1/s1. The molecule has 7 heteroatoms. The van der Waals surface area contributed by atoms with Crippen molar-refractivity contribution < 1.29 is 4.79 Å². The van der Waals surface area contributed by atoms with Gasteiger partial charge in [-0.3, -0.25) is 4.79 Å². The summed E-state index contributed by atoms with van der Waals surface area (Å²) in [5.74, 6) is 1.32. The van der Waals surface area contributed by atoms with Crippen LogP contribution < -0.4 is 0 Å². The number of hydrogen-bond acceptors (Lipinski definition) is 5. The number of carbonyl (C=O) groups excluding carboxylic acids is 1. The molecule has 0 unspecified atom stereocenters. The van der Waals surface area contributed by atoms with E-state index in [-0.39, 0.29) is 5.91 Å². The van der Waals surface area contributed by atoms with Crippen LogP contribution in [0.3, 0.4) is 0 Å². The van der Waals surface area contributed by atoms with Crippen molar-refractivity contribution in [1.82, 2.24) is 25.1 Å². The fourth-order valence-electron chi connectivity index (χ4n) is 4.71. The maximum Gasteiger partial charge on any atom is 0.233 e. The number of fused-ring (bicyclic) bond motifs is 4. The van der Waals surface area contributed by atoms with Gasteiger partial charge in [0.15, 0.2) is 5.65 Å². The Balaban J connectivity index is 1.30. The number of aromatic nitrogens is 4. The van der Waals surface area contributed by atoms with Crippen LogP contribution in [0.1, 0.15) is 38.5 Å². The highest BCUT2D eigenvalue weighted by Gasteiger charge is 2.35. The van der Waals surface area contributed by atoms with Gasteiger partial charge in [0, 0.05) is 23.5 Å². The fraction of sp³-hybridized carbons (Fsp3) is 0.500. The number of thioether (sulfide) groups is 1. The normalized spacial score (nSPS) is 22.9. The van der Waals surface area contributed by atoms with Crippen molar-refractivity contribution in [2.75, 3.05) is 12.3 Å². The molecule has 3 heterocycles. The Bertz CT molecular complexity index is 985. The number of nitrogens with zero attached hydrogens (tertiary/aromatic N) is 4. The maximum atomic E-state index is 12.9. The predicted octanol–water partition coefficient (Wildman–Crippen LogP) is 3.78. The summed E-state index contributed by atoms with van der Waals surface area (Å²) < 4.78 is 0. The summed E-state index contributed by atoms with van der Waals surface area (Å²) in [5.41, 5.74) is 2.51. The first-order valence-electron chi connectivity index (χ1n) is 9.83. The Kier molecular flexibility index (Phi) is 4.47. The van der Waals surface area contributed by atoms with E-state index in [1.807, 2.05) is 24.3 Å². The van der Waals surface area contributed by atoms with E-state index in [0.29, 0.717) is 22.9 Å².